The fraction of sp³-hybridized carbons (Fsp3) is 0.583. The van der Waals surface area contributed by atoms with E-state index in [9.17, 15) is 4.79 Å². The lowest BCUT2D eigenvalue weighted by molar-refractivity contribution is -0.142. The Morgan fingerprint density at radius 3 is 2.79 bits per heavy atom. The Kier molecular flexibility index (Phi) is 5.80. The molecule has 1 aliphatic rings. The molecular weight excluding hydrogens is 176 g/mol. The molecule has 0 bridgehead atoms. The van der Waals surface area contributed by atoms with Crippen molar-refractivity contribution < 1.29 is 9.53 Å². The zero-order chi connectivity index (χ0) is 10.1. The van der Waals surface area contributed by atoms with Gasteiger partial charge in [0.1, 0.15) is 0 Å². The van der Waals surface area contributed by atoms with Crippen molar-refractivity contribution in [2.45, 2.75) is 38.5 Å². The SMILES string of the molecule is O=C1C/C=C\C/C=C\CCCCCO1. The third kappa shape index (κ3) is 5.57. The Hall–Kier alpha value is -1.05. The van der Waals surface area contributed by atoms with Crippen LogP contribution in [-0.4, -0.2) is 12.6 Å². The molecule has 1 aliphatic heterocycles. The summed E-state index contributed by atoms with van der Waals surface area (Å²) in [4.78, 5) is 11.1. The molecule has 0 N–H and O–H groups in total. The summed E-state index contributed by atoms with van der Waals surface area (Å²) in [6.45, 7) is 0.580. The second kappa shape index (κ2) is 7.36. The van der Waals surface area contributed by atoms with Crippen molar-refractivity contribution in [3.63, 3.8) is 0 Å². The van der Waals surface area contributed by atoms with Gasteiger partial charge in [0.05, 0.1) is 13.0 Å². The minimum absolute atomic E-state index is 0.107. The highest BCUT2D eigenvalue weighted by Crippen LogP contribution is 2.03. The predicted octanol–water partition coefficient (Wildman–Crippen LogP) is 3.00. The number of carbonyl (C=O) groups excluding carboxylic acids is 1. The summed E-state index contributed by atoms with van der Waals surface area (Å²) in [5.41, 5.74) is 0. The molecule has 14 heavy (non-hydrogen) atoms. The maximum Gasteiger partial charge on any atom is 0.309 e. The standard InChI is InChI=1S/C12H18O2/c13-12-10-8-6-4-2-1-3-5-7-9-11-14-12/h1-2,6,8H,3-5,7,9-11H2/b2-1-,8-6-. The minimum Gasteiger partial charge on any atom is -0.465 e. The summed E-state index contributed by atoms with van der Waals surface area (Å²) in [5.74, 6) is -0.107. The summed E-state index contributed by atoms with van der Waals surface area (Å²) < 4.78 is 5.04. The van der Waals surface area contributed by atoms with Crippen molar-refractivity contribution in [1.82, 2.24) is 0 Å². The number of ether oxygens (including phenoxy) is 1. The lowest BCUT2D eigenvalue weighted by Crippen LogP contribution is -2.04. The summed E-state index contributed by atoms with van der Waals surface area (Å²) in [5, 5.41) is 0. The second-order valence-electron chi connectivity index (χ2n) is 3.45. The second-order valence-corrected chi connectivity index (χ2v) is 3.45. The number of esters is 1. The van der Waals surface area contributed by atoms with Crippen LogP contribution in [-0.2, 0) is 9.53 Å². The molecule has 1 rings (SSSR count). The van der Waals surface area contributed by atoms with E-state index in [0.717, 1.165) is 25.7 Å². The molecule has 0 radical (unpaired) electrons. The van der Waals surface area contributed by atoms with Gasteiger partial charge >= 0.3 is 5.97 Å². The first kappa shape index (κ1) is 11.0. The van der Waals surface area contributed by atoms with Crippen molar-refractivity contribution in [2.24, 2.45) is 0 Å². The number of hydrogen-bond donors (Lipinski definition) is 0. The van der Waals surface area contributed by atoms with E-state index >= 15 is 0 Å². The van der Waals surface area contributed by atoms with Crippen LogP contribution in [0.15, 0.2) is 24.3 Å². The van der Waals surface area contributed by atoms with Crippen LogP contribution in [0.2, 0.25) is 0 Å². The largest absolute Gasteiger partial charge is 0.465 e. The summed E-state index contributed by atoms with van der Waals surface area (Å²) in [7, 11) is 0. The highest BCUT2D eigenvalue weighted by atomic mass is 16.5. The number of allylic oxidation sites excluding steroid dienone is 3. The van der Waals surface area contributed by atoms with Crippen molar-refractivity contribution in [1.29, 1.82) is 0 Å². The van der Waals surface area contributed by atoms with E-state index in [1.54, 1.807) is 0 Å². The minimum atomic E-state index is -0.107. The molecule has 0 amide bonds. The average Bonchev–Trinajstić information content (AvgIpc) is 2.20. The van der Waals surface area contributed by atoms with Crippen LogP contribution in [0.1, 0.15) is 38.5 Å². The smallest absolute Gasteiger partial charge is 0.309 e. The van der Waals surface area contributed by atoms with E-state index in [0.29, 0.717) is 13.0 Å². The van der Waals surface area contributed by atoms with Gasteiger partial charge in [-0.2, -0.15) is 0 Å². The number of hydrogen-bond acceptors (Lipinski definition) is 2. The van der Waals surface area contributed by atoms with Crippen molar-refractivity contribution >= 4 is 5.97 Å². The van der Waals surface area contributed by atoms with E-state index < -0.39 is 0 Å². The van der Waals surface area contributed by atoms with E-state index in [1.165, 1.54) is 6.42 Å². The molecule has 0 unspecified atom stereocenters. The van der Waals surface area contributed by atoms with E-state index in [1.807, 2.05) is 12.2 Å². The summed E-state index contributed by atoms with van der Waals surface area (Å²) in [6, 6.07) is 0. The van der Waals surface area contributed by atoms with E-state index in [-0.39, 0.29) is 5.97 Å². The van der Waals surface area contributed by atoms with Gasteiger partial charge in [-0.25, -0.2) is 0 Å². The highest BCUT2D eigenvalue weighted by molar-refractivity contribution is 5.71. The Balaban J connectivity index is 2.32. The lowest BCUT2D eigenvalue weighted by Gasteiger charge is -2.01. The quantitative estimate of drug-likeness (QED) is 0.437. The molecular formula is C12H18O2. The Morgan fingerprint density at radius 2 is 1.86 bits per heavy atom. The fourth-order valence-corrected chi connectivity index (χ4v) is 1.35. The predicted molar refractivity (Wildman–Crippen MR) is 56.9 cm³/mol. The van der Waals surface area contributed by atoms with Crippen LogP contribution in [0.5, 0.6) is 0 Å². The zero-order valence-electron chi connectivity index (χ0n) is 8.58. The molecule has 2 heteroatoms. The van der Waals surface area contributed by atoms with E-state index in [2.05, 4.69) is 12.2 Å². The van der Waals surface area contributed by atoms with Gasteiger partial charge in [0.25, 0.3) is 0 Å². The van der Waals surface area contributed by atoms with Crippen molar-refractivity contribution in [3.05, 3.63) is 24.3 Å². The highest BCUT2D eigenvalue weighted by Gasteiger charge is 1.98. The van der Waals surface area contributed by atoms with Crippen molar-refractivity contribution in [3.8, 4) is 0 Å². The molecule has 0 aromatic carbocycles. The molecule has 0 saturated carbocycles. The van der Waals surface area contributed by atoms with Gasteiger partial charge in [-0.1, -0.05) is 24.3 Å². The first-order chi connectivity index (χ1) is 6.89. The first-order valence-electron chi connectivity index (χ1n) is 5.35. The average molecular weight is 194 g/mol. The molecule has 0 aliphatic carbocycles. The summed E-state index contributed by atoms with van der Waals surface area (Å²) in [6.07, 6.45) is 14.1. The zero-order valence-corrected chi connectivity index (χ0v) is 8.58. The summed E-state index contributed by atoms with van der Waals surface area (Å²) >= 11 is 0. The number of cyclic esters (lactones) is 1. The number of rotatable bonds is 0. The molecule has 0 aromatic heterocycles. The monoisotopic (exact) mass is 194 g/mol. The topological polar surface area (TPSA) is 26.3 Å². The third-order valence-corrected chi connectivity index (χ3v) is 2.17. The van der Waals surface area contributed by atoms with Gasteiger partial charge in [0.15, 0.2) is 0 Å². The van der Waals surface area contributed by atoms with Crippen LogP contribution in [0.3, 0.4) is 0 Å². The Bertz CT molecular complexity index is 216. The van der Waals surface area contributed by atoms with Crippen LogP contribution >= 0.6 is 0 Å². The van der Waals surface area contributed by atoms with Gasteiger partial charge in [0, 0.05) is 0 Å². The van der Waals surface area contributed by atoms with Gasteiger partial charge in [-0.3, -0.25) is 4.79 Å². The normalized spacial score (nSPS) is 25.0. The maximum absolute atomic E-state index is 11.1. The molecule has 2 nitrogen and oxygen atoms in total. The molecule has 0 saturated heterocycles. The molecule has 1 heterocycles. The fourth-order valence-electron chi connectivity index (χ4n) is 1.35. The maximum atomic E-state index is 11.1. The molecule has 0 fully saturated rings. The third-order valence-electron chi connectivity index (χ3n) is 2.17. The van der Waals surface area contributed by atoms with Gasteiger partial charge < -0.3 is 4.74 Å². The molecule has 0 aromatic rings. The Morgan fingerprint density at radius 1 is 1.00 bits per heavy atom. The lowest BCUT2D eigenvalue weighted by atomic mass is 10.2. The van der Waals surface area contributed by atoms with Gasteiger partial charge in [0.2, 0.25) is 0 Å². The molecule has 0 atom stereocenters. The van der Waals surface area contributed by atoms with Gasteiger partial charge in [-0.15, -0.1) is 0 Å². The van der Waals surface area contributed by atoms with Crippen LogP contribution in [0, 0.1) is 0 Å². The van der Waals surface area contributed by atoms with E-state index in [4.69, 9.17) is 4.74 Å². The first-order valence-corrected chi connectivity index (χ1v) is 5.35. The molecule has 78 valence electrons. The van der Waals surface area contributed by atoms with Crippen LogP contribution < -0.4 is 0 Å². The number of carbonyl (C=O) groups is 1. The molecule has 0 spiro atoms. The Labute approximate surface area is 85.6 Å². The van der Waals surface area contributed by atoms with Crippen LogP contribution in [0.4, 0.5) is 0 Å². The van der Waals surface area contributed by atoms with Gasteiger partial charge in [-0.05, 0) is 32.1 Å². The van der Waals surface area contributed by atoms with Crippen LogP contribution in [0.25, 0.3) is 0 Å². The van der Waals surface area contributed by atoms with Crippen molar-refractivity contribution in [2.75, 3.05) is 6.61 Å².